The van der Waals surface area contributed by atoms with E-state index in [9.17, 15) is 65.2 Å². The number of ether oxygens (including phenoxy) is 4. The first-order valence-electron chi connectivity index (χ1n) is 29.3. The molecule has 4 aromatic rings. The molecular weight excluding hydrogens is 1260 g/mol. The predicted octanol–water partition coefficient (Wildman–Crippen LogP) is 17.2. The van der Waals surface area contributed by atoms with Crippen LogP contribution in [0.25, 0.3) is 0 Å². The fraction of sp³-hybridized carbons (Fsp3) is 0.538. The number of carbonyl (C=O) groups is 6. The van der Waals surface area contributed by atoms with Crippen molar-refractivity contribution in [1.29, 1.82) is 0 Å². The highest BCUT2D eigenvalue weighted by molar-refractivity contribution is 6.63. The highest BCUT2D eigenvalue weighted by Crippen LogP contribution is 2.43. The largest absolute Gasteiger partial charge is 0.443 e. The van der Waals surface area contributed by atoms with E-state index in [1.807, 2.05) is 41.5 Å². The number of fused-ring (bicyclic) bond motifs is 2. The van der Waals surface area contributed by atoms with E-state index in [2.05, 4.69) is 5.32 Å². The average Bonchev–Trinajstić information content (AvgIpc) is 0.774. The van der Waals surface area contributed by atoms with Gasteiger partial charge in [0.2, 0.25) is 11.1 Å². The van der Waals surface area contributed by atoms with Crippen molar-refractivity contribution in [2.75, 3.05) is 45.1 Å². The second kappa shape index (κ2) is 30.5. The highest BCUT2D eigenvalue weighted by Gasteiger charge is 2.43. The van der Waals surface area contributed by atoms with Gasteiger partial charge in [-0.15, -0.1) is 0 Å². The molecule has 4 aromatic carbocycles. The number of nitro groups is 1. The fourth-order valence-electron chi connectivity index (χ4n) is 8.97. The summed E-state index contributed by atoms with van der Waals surface area (Å²) in [6.07, 6.45) is -13.4. The van der Waals surface area contributed by atoms with E-state index in [-0.39, 0.29) is 78.1 Å². The number of benzene rings is 4. The number of anilines is 5. The maximum Gasteiger partial charge on any atom is 0.424 e. The molecule has 0 aliphatic carbocycles. The van der Waals surface area contributed by atoms with Crippen LogP contribution in [0.3, 0.4) is 0 Å². The van der Waals surface area contributed by atoms with Crippen LogP contribution in [0.4, 0.5) is 88.4 Å². The zero-order valence-corrected chi connectivity index (χ0v) is 56.7. The summed E-state index contributed by atoms with van der Waals surface area (Å²) in [5, 5.41) is 21.2. The molecule has 0 bridgehead atoms. The lowest BCUT2D eigenvalue weighted by molar-refractivity contribution is -0.384. The number of hydrogen-bond donors (Lipinski definition) is 2. The third-order valence-electron chi connectivity index (χ3n) is 12.5. The molecule has 2 aliphatic rings. The molecule has 28 heteroatoms. The lowest BCUT2D eigenvalue weighted by Gasteiger charge is -2.34. The summed E-state index contributed by atoms with van der Waals surface area (Å²) < 4.78 is 133. The maximum atomic E-state index is 16.7. The number of nitrogens with zero attached hydrogens (tertiary/aromatic N) is 5. The Bertz CT molecular complexity index is 3320. The molecule has 2 N–H and O–H groups in total. The fourth-order valence-corrected chi connectivity index (χ4v) is 9.37. The summed E-state index contributed by atoms with van der Waals surface area (Å²) in [4.78, 5) is 90.9. The lowest BCUT2D eigenvalue weighted by atomic mass is 9.92. The molecule has 0 saturated carbocycles. The minimum atomic E-state index is -4.52. The van der Waals surface area contributed by atoms with Gasteiger partial charge < -0.3 is 39.2 Å². The number of aliphatic hydroxyl groups is 1. The van der Waals surface area contributed by atoms with Crippen molar-refractivity contribution >= 4 is 81.2 Å². The summed E-state index contributed by atoms with van der Waals surface area (Å²) in [5.41, 5.74) is -7.22. The molecule has 93 heavy (non-hydrogen) atoms. The number of halogens is 9. The first-order chi connectivity index (χ1) is 42.1. The van der Waals surface area contributed by atoms with Gasteiger partial charge in [0.15, 0.2) is 17.3 Å². The summed E-state index contributed by atoms with van der Waals surface area (Å²) in [7, 11) is 1.00. The van der Waals surface area contributed by atoms with Gasteiger partial charge in [0.1, 0.15) is 28.1 Å². The number of nitro benzene ring substituents is 1. The van der Waals surface area contributed by atoms with Gasteiger partial charge in [0, 0.05) is 52.2 Å². The summed E-state index contributed by atoms with van der Waals surface area (Å²) in [5.74, 6) is -2.77. The molecular formula is C65H85ClF8N6O13. The van der Waals surface area contributed by atoms with Crippen LogP contribution in [-0.2, 0) is 66.8 Å². The zero-order valence-electron chi connectivity index (χ0n) is 55.9. The van der Waals surface area contributed by atoms with E-state index in [4.69, 9.17) is 35.7 Å². The highest BCUT2D eigenvalue weighted by atomic mass is 35.5. The number of nitrogens with one attached hydrogen (secondary N) is 1. The second-order valence-electron chi connectivity index (χ2n) is 28.1. The van der Waals surface area contributed by atoms with Crippen LogP contribution in [0.1, 0.15) is 171 Å². The van der Waals surface area contributed by atoms with E-state index >= 15 is 8.78 Å². The Hall–Kier alpha value is -7.81. The molecule has 0 aromatic heterocycles. The smallest absolute Gasteiger partial charge is 0.424 e. The average molecular weight is 1350 g/mol. The van der Waals surface area contributed by atoms with Crippen molar-refractivity contribution in [3.63, 3.8) is 0 Å². The Morgan fingerprint density at radius 2 is 0.860 bits per heavy atom. The lowest BCUT2D eigenvalue weighted by Crippen LogP contribution is -2.45. The molecule has 0 fully saturated rings. The molecule has 2 heterocycles. The van der Waals surface area contributed by atoms with Crippen LogP contribution in [0, 0.1) is 32.6 Å². The van der Waals surface area contributed by atoms with E-state index in [1.54, 1.807) is 46.4 Å². The number of rotatable bonds is 8. The van der Waals surface area contributed by atoms with Gasteiger partial charge in [-0.2, -0.15) is 36.1 Å². The third kappa shape index (κ3) is 24.6. The van der Waals surface area contributed by atoms with Crippen molar-refractivity contribution in [3.05, 3.63) is 116 Å². The molecule has 2 aliphatic heterocycles. The van der Waals surface area contributed by atoms with Crippen molar-refractivity contribution in [1.82, 2.24) is 0 Å². The number of alkyl halides is 6. The Labute approximate surface area is 542 Å². The van der Waals surface area contributed by atoms with Crippen LogP contribution < -0.4 is 24.9 Å². The molecule has 0 radical (unpaired) electrons. The zero-order chi connectivity index (χ0) is 71.7. The number of hydrogen-bond acceptors (Lipinski definition) is 15. The topological polar surface area (TPSA) is 228 Å². The van der Waals surface area contributed by atoms with Gasteiger partial charge in [0.25, 0.3) is 5.69 Å². The van der Waals surface area contributed by atoms with Gasteiger partial charge in [-0.1, -0.05) is 53.7 Å². The van der Waals surface area contributed by atoms with Crippen molar-refractivity contribution in [2.24, 2.45) is 10.8 Å². The first kappa shape index (κ1) is 79.4. The molecule has 0 spiro atoms. The van der Waals surface area contributed by atoms with E-state index in [0.29, 0.717) is 33.6 Å². The summed E-state index contributed by atoms with van der Waals surface area (Å²) in [6, 6.07) is 11.5. The van der Waals surface area contributed by atoms with Crippen LogP contribution in [0.5, 0.6) is 0 Å². The minimum Gasteiger partial charge on any atom is -0.443 e. The molecule has 0 saturated heterocycles. The normalized spacial score (nSPS) is 13.6. The Balaban J connectivity index is 0.000000425. The van der Waals surface area contributed by atoms with Crippen LogP contribution in [0.15, 0.2) is 60.7 Å². The maximum absolute atomic E-state index is 16.7. The van der Waals surface area contributed by atoms with Gasteiger partial charge in [-0.05, 0) is 183 Å². The molecule has 6 rings (SSSR count). The Morgan fingerprint density at radius 1 is 0.527 bits per heavy atom. The quantitative estimate of drug-likeness (QED) is 0.0550. The summed E-state index contributed by atoms with van der Waals surface area (Å²) >= 11 is 5.12. The van der Waals surface area contributed by atoms with E-state index < -0.39 is 115 Å². The SMILES string of the molecule is CC(C)(C)CC(=O)Cl.CC(C)(C)CC(=O)Nc1ccc(N2CCc3cc(C(F)(F)F)ccc3C2)c(F)c1N(C(=O)OC(C)(C)C)C(=O)OC(C)(C)C.CC(C)(C)OC(=O)N(C(=O)OC(C)(C)C)c1c([N+](=O)[O-])ccc(N2CCc3cc(C(F)(F)F)ccc3C2)c1F.CO. The van der Waals surface area contributed by atoms with Crippen molar-refractivity contribution < 1.29 is 92.9 Å². The number of aliphatic hydroxyl groups excluding tert-OH is 1. The summed E-state index contributed by atoms with van der Waals surface area (Å²) in [6.45, 7) is 30.2. The number of amides is 5. The molecule has 19 nitrogen and oxygen atoms in total. The van der Waals surface area contributed by atoms with Crippen molar-refractivity contribution in [3.8, 4) is 0 Å². The predicted molar refractivity (Wildman–Crippen MR) is 338 cm³/mol. The van der Waals surface area contributed by atoms with Gasteiger partial charge in [0.05, 0.1) is 33.1 Å². The van der Waals surface area contributed by atoms with Gasteiger partial charge >= 0.3 is 36.7 Å². The standard InChI is InChI=1S/C32H41F4N3O5.C26H29F4N3O6.C6H11ClO.CH4O/c1-29(2,3)17-24(40)37-22-12-13-23(38-15-14-19-16-21(32(34,35)36)11-10-20(19)18-38)25(33)26(22)39(27(41)43-30(4,5)6)28(42)44-31(7,8)9;1-24(2,3)38-22(34)32(23(35)39-25(4,5)6)21-19(33(36)37)10-9-18(20(21)27)31-12-11-15-13-17(26(28,29)30)8-7-16(15)14-31;1-6(2,3)4-5(7)8;1-2/h10-13,16H,14-15,17-18H2,1-9H3,(H,37,40);7-10,13H,11-12,14H2,1-6H3;4H2,1-3H3;2H,1H3. The third-order valence-corrected chi connectivity index (χ3v) is 12.7. The van der Waals surface area contributed by atoms with Crippen LogP contribution in [-0.4, -0.2) is 88.2 Å². The van der Waals surface area contributed by atoms with Crippen LogP contribution in [0.2, 0.25) is 0 Å². The minimum absolute atomic E-state index is 0.0134. The van der Waals surface area contributed by atoms with Gasteiger partial charge in [-0.25, -0.2) is 28.0 Å². The molecule has 5 amide bonds. The molecule has 516 valence electrons. The monoisotopic (exact) mass is 1340 g/mol. The number of imide groups is 2. The second-order valence-corrected chi connectivity index (χ2v) is 28.5. The Morgan fingerprint density at radius 3 is 1.16 bits per heavy atom. The van der Waals surface area contributed by atoms with E-state index in [1.165, 1.54) is 70.7 Å². The number of carbonyl (C=O) groups excluding carboxylic acids is 6. The van der Waals surface area contributed by atoms with Gasteiger partial charge in [-0.3, -0.25) is 19.7 Å². The van der Waals surface area contributed by atoms with Crippen molar-refractivity contribution in [2.45, 2.75) is 198 Å². The first-order valence-corrected chi connectivity index (χ1v) is 29.7. The Kier molecular flexibility index (Phi) is 26.1. The van der Waals surface area contributed by atoms with E-state index in [0.717, 1.165) is 43.5 Å². The molecule has 0 unspecified atom stereocenters. The van der Waals surface area contributed by atoms with Crippen LogP contribution >= 0.6 is 11.6 Å². The molecule has 0 atom stereocenters.